The molecule has 0 atom stereocenters. The van der Waals surface area contributed by atoms with E-state index in [2.05, 4.69) is 20.9 Å². The van der Waals surface area contributed by atoms with Gasteiger partial charge in [-0.2, -0.15) is 0 Å². The van der Waals surface area contributed by atoms with Crippen molar-refractivity contribution in [1.29, 1.82) is 0 Å². The predicted molar refractivity (Wildman–Crippen MR) is 47.9 cm³/mol. The summed E-state index contributed by atoms with van der Waals surface area (Å²) in [6, 6.07) is 1.74. The zero-order valence-electron chi connectivity index (χ0n) is 6.01. The molecule has 0 radical (unpaired) electrons. The number of fused-ring (bicyclic) bond motifs is 1. The SMILES string of the molecule is Clc1nc(Br)cc2c1OCCO2. The Hall–Kier alpha value is -0.480. The first-order valence-corrected chi connectivity index (χ1v) is 4.56. The van der Waals surface area contributed by atoms with Gasteiger partial charge in [-0.15, -0.1) is 0 Å². The maximum atomic E-state index is 5.80. The first kappa shape index (κ1) is 8.13. The molecule has 1 aromatic rings. The van der Waals surface area contributed by atoms with Crippen molar-refractivity contribution in [1.82, 2.24) is 4.98 Å². The van der Waals surface area contributed by atoms with Gasteiger partial charge < -0.3 is 9.47 Å². The third-order valence-electron chi connectivity index (χ3n) is 1.45. The van der Waals surface area contributed by atoms with Crippen molar-refractivity contribution in [3.8, 4) is 11.5 Å². The molecular weight excluding hydrogens is 245 g/mol. The fraction of sp³-hybridized carbons (Fsp3) is 0.286. The monoisotopic (exact) mass is 249 g/mol. The van der Waals surface area contributed by atoms with Crippen LogP contribution < -0.4 is 9.47 Å². The maximum Gasteiger partial charge on any atom is 0.199 e. The van der Waals surface area contributed by atoms with Crippen LogP contribution >= 0.6 is 27.5 Å². The Labute approximate surface area is 82.8 Å². The van der Waals surface area contributed by atoms with E-state index in [9.17, 15) is 0 Å². The highest BCUT2D eigenvalue weighted by molar-refractivity contribution is 9.10. The van der Waals surface area contributed by atoms with Crippen molar-refractivity contribution in [2.45, 2.75) is 0 Å². The molecule has 0 amide bonds. The van der Waals surface area contributed by atoms with Crippen molar-refractivity contribution in [3.63, 3.8) is 0 Å². The molecule has 1 aliphatic rings. The molecule has 0 saturated carbocycles. The molecule has 2 heterocycles. The number of pyridine rings is 1. The summed E-state index contributed by atoms with van der Waals surface area (Å²) in [7, 11) is 0. The minimum Gasteiger partial charge on any atom is -0.486 e. The summed E-state index contributed by atoms with van der Waals surface area (Å²) < 4.78 is 11.2. The number of halogens is 2. The highest BCUT2D eigenvalue weighted by Crippen LogP contribution is 2.37. The van der Waals surface area contributed by atoms with Crippen LogP contribution in [0.5, 0.6) is 11.5 Å². The predicted octanol–water partition coefficient (Wildman–Crippen LogP) is 2.27. The first-order valence-electron chi connectivity index (χ1n) is 3.39. The van der Waals surface area contributed by atoms with Crippen molar-refractivity contribution in [2.24, 2.45) is 0 Å². The standard InChI is InChI=1S/C7H5BrClNO2/c8-5-3-4-6(7(9)10-5)12-2-1-11-4/h3H,1-2H2. The van der Waals surface area contributed by atoms with Gasteiger partial charge in [0.2, 0.25) is 0 Å². The molecular formula is C7H5BrClNO2. The molecule has 0 N–H and O–H groups in total. The summed E-state index contributed by atoms with van der Waals surface area (Å²) in [6.45, 7) is 1.08. The maximum absolute atomic E-state index is 5.80. The second-order valence-corrected chi connectivity index (χ2v) is 3.43. The van der Waals surface area contributed by atoms with Gasteiger partial charge in [-0.05, 0) is 15.9 Å². The summed E-state index contributed by atoms with van der Waals surface area (Å²) in [5, 5.41) is 0.332. The van der Waals surface area contributed by atoms with Crippen LogP contribution in [-0.4, -0.2) is 18.2 Å². The van der Waals surface area contributed by atoms with Gasteiger partial charge in [0.1, 0.15) is 17.8 Å². The number of hydrogen-bond acceptors (Lipinski definition) is 3. The number of ether oxygens (including phenoxy) is 2. The van der Waals surface area contributed by atoms with E-state index < -0.39 is 0 Å². The van der Waals surface area contributed by atoms with E-state index in [0.29, 0.717) is 34.5 Å². The van der Waals surface area contributed by atoms with Crippen LogP contribution in [0.2, 0.25) is 5.15 Å². The van der Waals surface area contributed by atoms with Gasteiger partial charge in [0, 0.05) is 6.07 Å². The molecule has 64 valence electrons. The van der Waals surface area contributed by atoms with Gasteiger partial charge >= 0.3 is 0 Å². The Morgan fingerprint density at radius 1 is 1.42 bits per heavy atom. The Balaban J connectivity index is 2.53. The van der Waals surface area contributed by atoms with E-state index in [1.165, 1.54) is 0 Å². The summed E-state index contributed by atoms with van der Waals surface area (Å²) in [6.07, 6.45) is 0. The topological polar surface area (TPSA) is 31.4 Å². The summed E-state index contributed by atoms with van der Waals surface area (Å²) >= 11 is 9.01. The van der Waals surface area contributed by atoms with Crippen molar-refractivity contribution >= 4 is 27.5 Å². The molecule has 1 aliphatic heterocycles. The first-order chi connectivity index (χ1) is 5.77. The fourth-order valence-electron chi connectivity index (χ4n) is 0.985. The zero-order chi connectivity index (χ0) is 8.55. The molecule has 0 aromatic carbocycles. The largest absolute Gasteiger partial charge is 0.486 e. The molecule has 0 aliphatic carbocycles. The van der Waals surface area contributed by atoms with Crippen LogP contribution in [0.25, 0.3) is 0 Å². The zero-order valence-corrected chi connectivity index (χ0v) is 8.35. The Morgan fingerprint density at radius 2 is 2.17 bits per heavy atom. The van der Waals surface area contributed by atoms with E-state index in [4.69, 9.17) is 21.1 Å². The smallest absolute Gasteiger partial charge is 0.199 e. The third-order valence-corrected chi connectivity index (χ3v) is 2.12. The molecule has 0 unspecified atom stereocenters. The second kappa shape index (κ2) is 3.11. The lowest BCUT2D eigenvalue weighted by Gasteiger charge is -2.18. The Morgan fingerprint density at radius 3 is 3.00 bits per heavy atom. The van der Waals surface area contributed by atoms with Crippen LogP contribution in [0.3, 0.4) is 0 Å². The van der Waals surface area contributed by atoms with Crippen molar-refractivity contribution < 1.29 is 9.47 Å². The normalized spacial score (nSPS) is 14.5. The minimum atomic E-state index is 0.332. The lowest BCUT2D eigenvalue weighted by molar-refractivity contribution is 0.170. The van der Waals surface area contributed by atoms with Gasteiger partial charge in [-0.25, -0.2) is 4.98 Å². The molecule has 3 nitrogen and oxygen atoms in total. The molecule has 0 bridgehead atoms. The van der Waals surface area contributed by atoms with E-state index in [1.54, 1.807) is 6.07 Å². The lowest BCUT2D eigenvalue weighted by atomic mass is 10.4. The van der Waals surface area contributed by atoms with Gasteiger partial charge in [0.05, 0.1) is 0 Å². The molecule has 0 spiro atoms. The van der Waals surface area contributed by atoms with E-state index in [-0.39, 0.29) is 0 Å². The third kappa shape index (κ3) is 1.36. The van der Waals surface area contributed by atoms with Crippen LogP contribution in [0, 0.1) is 0 Å². The van der Waals surface area contributed by atoms with Crippen LogP contribution in [0.1, 0.15) is 0 Å². The van der Waals surface area contributed by atoms with Gasteiger partial charge in [-0.1, -0.05) is 11.6 Å². The molecule has 5 heteroatoms. The highest BCUT2D eigenvalue weighted by atomic mass is 79.9. The van der Waals surface area contributed by atoms with Crippen LogP contribution in [0.15, 0.2) is 10.7 Å². The molecule has 0 fully saturated rings. The van der Waals surface area contributed by atoms with Crippen LogP contribution in [-0.2, 0) is 0 Å². The second-order valence-electron chi connectivity index (χ2n) is 2.26. The number of rotatable bonds is 0. The van der Waals surface area contributed by atoms with E-state index in [0.717, 1.165) is 0 Å². The quantitative estimate of drug-likeness (QED) is 0.662. The molecule has 2 rings (SSSR count). The number of nitrogens with zero attached hydrogens (tertiary/aromatic N) is 1. The fourth-order valence-corrected chi connectivity index (χ4v) is 1.71. The van der Waals surface area contributed by atoms with E-state index >= 15 is 0 Å². The molecule has 1 aromatic heterocycles. The molecule has 0 saturated heterocycles. The number of hydrogen-bond donors (Lipinski definition) is 0. The van der Waals surface area contributed by atoms with Crippen LogP contribution in [0.4, 0.5) is 0 Å². The van der Waals surface area contributed by atoms with Crippen molar-refractivity contribution in [3.05, 3.63) is 15.8 Å². The van der Waals surface area contributed by atoms with Crippen molar-refractivity contribution in [2.75, 3.05) is 13.2 Å². The Kier molecular flexibility index (Phi) is 2.11. The van der Waals surface area contributed by atoms with Gasteiger partial charge in [0.15, 0.2) is 16.7 Å². The summed E-state index contributed by atoms with van der Waals surface area (Å²) in [4.78, 5) is 3.96. The summed E-state index contributed by atoms with van der Waals surface area (Å²) in [5.41, 5.74) is 0. The minimum absolute atomic E-state index is 0.332. The molecule has 12 heavy (non-hydrogen) atoms. The van der Waals surface area contributed by atoms with Gasteiger partial charge in [0.25, 0.3) is 0 Å². The van der Waals surface area contributed by atoms with Gasteiger partial charge in [-0.3, -0.25) is 0 Å². The van der Waals surface area contributed by atoms with E-state index in [1.807, 2.05) is 0 Å². The summed E-state index contributed by atoms with van der Waals surface area (Å²) in [5.74, 6) is 1.18. The Bertz CT molecular complexity index is 319. The number of aromatic nitrogens is 1. The lowest BCUT2D eigenvalue weighted by Crippen LogP contribution is -2.15. The highest BCUT2D eigenvalue weighted by Gasteiger charge is 2.16. The average molecular weight is 250 g/mol. The average Bonchev–Trinajstić information content (AvgIpc) is 2.04.